The van der Waals surface area contributed by atoms with E-state index in [1.165, 1.54) is 5.56 Å². The minimum atomic E-state index is -0.217. The maximum Gasteiger partial charge on any atom is 0.255 e. The lowest BCUT2D eigenvalue weighted by Gasteiger charge is -2.25. The normalized spacial score (nSPS) is 16.1. The number of aromatic nitrogens is 1. The van der Waals surface area contributed by atoms with Crippen molar-refractivity contribution in [1.82, 2.24) is 4.98 Å². The summed E-state index contributed by atoms with van der Waals surface area (Å²) in [7, 11) is 1.63. The SMILES string of the molecule is COc1ccc2c(c1)C(C(=O)Nc1cccc3c(=O)[nH]ccc13)CCC2. The second kappa shape index (κ2) is 6.67. The van der Waals surface area contributed by atoms with E-state index < -0.39 is 0 Å². The van der Waals surface area contributed by atoms with Gasteiger partial charge in [0.15, 0.2) is 0 Å². The molecule has 4 rings (SSSR count). The van der Waals surface area contributed by atoms with Gasteiger partial charge in [-0.3, -0.25) is 9.59 Å². The number of pyridine rings is 1. The van der Waals surface area contributed by atoms with Gasteiger partial charge in [-0.1, -0.05) is 12.1 Å². The number of H-pyrrole nitrogens is 1. The Labute approximate surface area is 151 Å². The molecule has 1 heterocycles. The molecule has 0 aliphatic heterocycles. The largest absolute Gasteiger partial charge is 0.497 e. The van der Waals surface area contributed by atoms with Crippen molar-refractivity contribution in [2.24, 2.45) is 0 Å². The lowest BCUT2D eigenvalue weighted by Crippen LogP contribution is -2.25. The lowest BCUT2D eigenvalue weighted by molar-refractivity contribution is -0.117. The quantitative estimate of drug-likeness (QED) is 0.760. The highest BCUT2D eigenvalue weighted by Crippen LogP contribution is 2.35. The standard InChI is InChI=1S/C21H20N2O3/c1-26-14-9-8-13-4-2-5-17(18(13)12-14)21(25)23-19-7-3-6-16-15(19)10-11-22-20(16)24/h3,6-12,17H,2,4-5H2,1H3,(H,22,24)(H,23,25). The number of nitrogens with one attached hydrogen (secondary N) is 2. The molecule has 0 fully saturated rings. The highest BCUT2D eigenvalue weighted by Gasteiger charge is 2.27. The van der Waals surface area contributed by atoms with Crippen molar-refractivity contribution in [3.63, 3.8) is 0 Å². The van der Waals surface area contributed by atoms with Crippen LogP contribution >= 0.6 is 0 Å². The summed E-state index contributed by atoms with van der Waals surface area (Å²) in [6.45, 7) is 0. The van der Waals surface area contributed by atoms with Gasteiger partial charge in [0.05, 0.1) is 13.0 Å². The molecule has 1 aliphatic rings. The first-order chi connectivity index (χ1) is 12.7. The van der Waals surface area contributed by atoms with Gasteiger partial charge in [0, 0.05) is 22.7 Å². The van der Waals surface area contributed by atoms with Crippen molar-refractivity contribution in [3.8, 4) is 5.75 Å². The molecule has 0 saturated heterocycles. The number of benzene rings is 2. The number of hydrogen-bond acceptors (Lipinski definition) is 3. The Morgan fingerprint density at radius 2 is 2.08 bits per heavy atom. The van der Waals surface area contributed by atoms with E-state index in [0.29, 0.717) is 11.1 Å². The van der Waals surface area contributed by atoms with Crippen molar-refractivity contribution < 1.29 is 9.53 Å². The molecule has 1 unspecified atom stereocenters. The predicted molar refractivity (Wildman–Crippen MR) is 102 cm³/mol. The molecule has 1 aliphatic carbocycles. The number of carbonyl (C=O) groups is 1. The fourth-order valence-electron chi connectivity index (χ4n) is 3.73. The summed E-state index contributed by atoms with van der Waals surface area (Å²) in [5.41, 5.74) is 2.73. The molecular formula is C21H20N2O3. The van der Waals surface area contributed by atoms with Crippen LogP contribution in [0.3, 0.4) is 0 Å². The van der Waals surface area contributed by atoms with Crippen molar-refractivity contribution in [2.45, 2.75) is 25.2 Å². The maximum absolute atomic E-state index is 13.0. The zero-order chi connectivity index (χ0) is 18.1. The van der Waals surface area contributed by atoms with E-state index in [1.807, 2.05) is 30.3 Å². The fraction of sp³-hybridized carbons (Fsp3) is 0.238. The zero-order valence-corrected chi connectivity index (χ0v) is 14.5. The van der Waals surface area contributed by atoms with E-state index in [2.05, 4.69) is 10.3 Å². The van der Waals surface area contributed by atoms with Crippen molar-refractivity contribution in [1.29, 1.82) is 0 Å². The van der Waals surface area contributed by atoms with E-state index in [4.69, 9.17) is 4.74 Å². The Morgan fingerprint density at radius 3 is 2.92 bits per heavy atom. The third-order valence-corrected chi connectivity index (χ3v) is 5.06. The Balaban J connectivity index is 1.69. The minimum Gasteiger partial charge on any atom is -0.497 e. The minimum absolute atomic E-state index is 0.0491. The lowest BCUT2D eigenvalue weighted by atomic mass is 9.82. The molecule has 5 heteroatoms. The van der Waals surface area contributed by atoms with Gasteiger partial charge in [-0.25, -0.2) is 0 Å². The molecule has 3 aromatic rings. The number of aromatic amines is 1. The number of fused-ring (bicyclic) bond motifs is 2. The molecule has 1 aromatic heterocycles. The van der Waals surface area contributed by atoms with Crippen LogP contribution in [0.15, 0.2) is 53.5 Å². The summed E-state index contributed by atoms with van der Waals surface area (Å²) in [5.74, 6) is 0.498. The number of hydrogen-bond donors (Lipinski definition) is 2. The first-order valence-electron chi connectivity index (χ1n) is 8.75. The average Bonchev–Trinajstić information content (AvgIpc) is 2.68. The van der Waals surface area contributed by atoms with E-state index in [9.17, 15) is 9.59 Å². The summed E-state index contributed by atoms with van der Waals surface area (Å²) in [4.78, 5) is 27.7. The highest BCUT2D eigenvalue weighted by atomic mass is 16.5. The summed E-state index contributed by atoms with van der Waals surface area (Å²) in [5, 5.41) is 4.34. The molecule has 0 bridgehead atoms. The monoisotopic (exact) mass is 348 g/mol. The zero-order valence-electron chi connectivity index (χ0n) is 14.5. The fourth-order valence-corrected chi connectivity index (χ4v) is 3.73. The predicted octanol–water partition coefficient (Wildman–Crippen LogP) is 3.60. The molecule has 26 heavy (non-hydrogen) atoms. The van der Waals surface area contributed by atoms with Gasteiger partial charge in [-0.2, -0.15) is 0 Å². The Morgan fingerprint density at radius 1 is 1.19 bits per heavy atom. The first kappa shape index (κ1) is 16.4. The number of anilines is 1. The maximum atomic E-state index is 13.0. The van der Waals surface area contributed by atoms with Crippen LogP contribution in [0.4, 0.5) is 5.69 Å². The number of methoxy groups -OCH3 is 1. The van der Waals surface area contributed by atoms with Crippen LogP contribution in [0.2, 0.25) is 0 Å². The average molecular weight is 348 g/mol. The summed E-state index contributed by atoms with van der Waals surface area (Å²) in [6, 6.07) is 13.1. The van der Waals surface area contributed by atoms with Crippen LogP contribution in [0.1, 0.15) is 29.9 Å². The smallest absolute Gasteiger partial charge is 0.255 e. The molecule has 0 spiro atoms. The van der Waals surface area contributed by atoms with Crippen LogP contribution in [0.25, 0.3) is 10.8 Å². The highest BCUT2D eigenvalue weighted by molar-refractivity contribution is 6.04. The number of rotatable bonds is 3. The van der Waals surface area contributed by atoms with Gasteiger partial charge in [-0.15, -0.1) is 0 Å². The van der Waals surface area contributed by atoms with Crippen molar-refractivity contribution in [2.75, 3.05) is 12.4 Å². The van der Waals surface area contributed by atoms with Crippen LogP contribution in [0.5, 0.6) is 5.75 Å². The second-order valence-corrected chi connectivity index (χ2v) is 6.57. The summed E-state index contributed by atoms with van der Waals surface area (Å²) < 4.78 is 5.33. The number of ether oxygens (including phenoxy) is 1. The molecule has 2 aromatic carbocycles. The van der Waals surface area contributed by atoms with Crippen LogP contribution in [0, 0.1) is 0 Å². The van der Waals surface area contributed by atoms with Gasteiger partial charge in [0.1, 0.15) is 5.75 Å². The van der Waals surface area contributed by atoms with Crippen molar-refractivity contribution >= 4 is 22.4 Å². The molecule has 2 N–H and O–H groups in total. The van der Waals surface area contributed by atoms with Crippen LogP contribution < -0.4 is 15.6 Å². The first-order valence-corrected chi connectivity index (χ1v) is 8.75. The molecule has 132 valence electrons. The van der Waals surface area contributed by atoms with Crippen molar-refractivity contribution in [3.05, 3.63) is 70.1 Å². The van der Waals surface area contributed by atoms with Gasteiger partial charge in [-0.05, 0) is 60.7 Å². The Bertz CT molecular complexity index is 1040. The molecule has 0 saturated carbocycles. The topological polar surface area (TPSA) is 71.2 Å². The van der Waals surface area contributed by atoms with Gasteiger partial charge in [0.2, 0.25) is 5.91 Å². The third kappa shape index (κ3) is 2.86. The second-order valence-electron chi connectivity index (χ2n) is 6.57. The number of carbonyl (C=O) groups excluding carboxylic acids is 1. The van der Waals surface area contributed by atoms with E-state index >= 15 is 0 Å². The van der Waals surface area contributed by atoms with Crippen LogP contribution in [-0.2, 0) is 11.2 Å². The molecule has 1 amide bonds. The van der Waals surface area contributed by atoms with Gasteiger partial charge in [0.25, 0.3) is 5.56 Å². The molecule has 0 radical (unpaired) electrons. The Hall–Kier alpha value is -3.08. The molecule has 1 atom stereocenters. The van der Waals surface area contributed by atoms with E-state index in [-0.39, 0.29) is 17.4 Å². The molecule has 5 nitrogen and oxygen atoms in total. The molecular weight excluding hydrogens is 328 g/mol. The summed E-state index contributed by atoms with van der Waals surface area (Å²) >= 11 is 0. The number of amides is 1. The van der Waals surface area contributed by atoms with Gasteiger partial charge >= 0.3 is 0 Å². The number of aryl methyl sites for hydroxylation is 1. The van der Waals surface area contributed by atoms with E-state index in [1.54, 1.807) is 25.4 Å². The van der Waals surface area contributed by atoms with Gasteiger partial charge < -0.3 is 15.0 Å². The van der Waals surface area contributed by atoms with E-state index in [0.717, 1.165) is 36.0 Å². The third-order valence-electron chi connectivity index (χ3n) is 5.06. The summed E-state index contributed by atoms with van der Waals surface area (Å²) in [6.07, 6.45) is 4.36. The Kier molecular flexibility index (Phi) is 4.21. The van der Waals surface area contributed by atoms with Crippen LogP contribution in [-0.4, -0.2) is 18.0 Å².